The van der Waals surface area contributed by atoms with Crippen LogP contribution in [0.25, 0.3) is 0 Å². The van der Waals surface area contributed by atoms with Crippen LogP contribution < -0.4 is 0 Å². The first-order valence-corrected chi connectivity index (χ1v) is 15.1. The van der Waals surface area contributed by atoms with Crippen LogP contribution in [0.4, 0.5) is 39.5 Å². The third-order valence-electron chi connectivity index (χ3n) is 5.11. The van der Waals surface area contributed by atoms with Gasteiger partial charge in [-0.3, -0.25) is 4.79 Å². The Labute approximate surface area is 236 Å². The molecule has 3 aromatic rings. The standard InChI is InChI=1S/C21H19OS2.C4HF9O3S/c1-24(2)20-14-10-17(11-15-20)21(22)16-8-12-19(13-9-16)23-18-6-4-3-5-7-18;5-1(6,3(9,10)11)2(7,8)4(12,13)17(14,15)16/h3-15H,1-2H3;(H,14,15,16)/q+1;/p-1. The van der Waals surface area contributed by atoms with Crippen molar-refractivity contribution in [2.24, 2.45) is 0 Å². The summed E-state index contributed by atoms with van der Waals surface area (Å²) in [5.41, 5.74) is 1.47. The van der Waals surface area contributed by atoms with Crippen molar-refractivity contribution in [3.8, 4) is 0 Å². The molecule has 0 fully saturated rings. The Morgan fingerprint density at radius 3 is 1.49 bits per heavy atom. The molecule has 224 valence electrons. The quantitative estimate of drug-likeness (QED) is 0.111. The van der Waals surface area contributed by atoms with Gasteiger partial charge in [0.25, 0.3) is 0 Å². The lowest BCUT2D eigenvalue weighted by Gasteiger charge is -2.34. The number of carbonyl (C=O) groups is 1. The van der Waals surface area contributed by atoms with Crippen LogP contribution in [-0.2, 0) is 21.0 Å². The van der Waals surface area contributed by atoms with E-state index in [-0.39, 0.29) is 16.7 Å². The van der Waals surface area contributed by atoms with E-state index in [4.69, 9.17) is 0 Å². The van der Waals surface area contributed by atoms with Gasteiger partial charge in [-0.2, -0.15) is 39.5 Å². The summed E-state index contributed by atoms with van der Waals surface area (Å²) in [6.45, 7) is 0. The van der Waals surface area contributed by atoms with E-state index in [0.29, 0.717) is 0 Å². The molecule has 0 atom stereocenters. The summed E-state index contributed by atoms with van der Waals surface area (Å²) in [6, 6.07) is 26.0. The molecule has 3 aromatic carbocycles. The lowest BCUT2D eigenvalue weighted by molar-refractivity contribution is -0.382. The van der Waals surface area contributed by atoms with Gasteiger partial charge in [-0.1, -0.05) is 30.0 Å². The predicted molar refractivity (Wildman–Crippen MR) is 135 cm³/mol. The van der Waals surface area contributed by atoms with E-state index in [1.54, 1.807) is 11.8 Å². The average Bonchev–Trinajstić information content (AvgIpc) is 2.88. The highest BCUT2D eigenvalue weighted by Gasteiger charge is 2.83. The number of carbonyl (C=O) groups excluding carboxylic acids is 1. The van der Waals surface area contributed by atoms with Gasteiger partial charge >= 0.3 is 23.3 Å². The summed E-state index contributed by atoms with van der Waals surface area (Å²) in [4.78, 5) is 16.2. The zero-order valence-corrected chi connectivity index (χ0v) is 23.2. The molecule has 0 heterocycles. The molecule has 0 saturated heterocycles. The summed E-state index contributed by atoms with van der Waals surface area (Å²) >= 11 is 1.70. The second-order valence-electron chi connectivity index (χ2n) is 8.23. The molecule has 0 aliphatic heterocycles. The Kier molecular flexibility index (Phi) is 10.7. The van der Waals surface area contributed by atoms with Crippen LogP contribution in [0.3, 0.4) is 0 Å². The number of benzene rings is 3. The maximum Gasteiger partial charge on any atom is 0.460 e. The van der Waals surface area contributed by atoms with E-state index in [2.05, 4.69) is 36.8 Å². The highest BCUT2D eigenvalue weighted by Crippen LogP contribution is 2.54. The maximum atomic E-state index is 12.6. The summed E-state index contributed by atoms with van der Waals surface area (Å²) in [5, 5.41) is -7.11. The van der Waals surface area contributed by atoms with Crippen LogP contribution in [-0.4, -0.2) is 54.5 Å². The van der Waals surface area contributed by atoms with Crippen LogP contribution in [0.15, 0.2) is 93.5 Å². The fourth-order valence-electron chi connectivity index (χ4n) is 2.86. The van der Waals surface area contributed by atoms with Gasteiger partial charge in [0.15, 0.2) is 20.8 Å². The SMILES string of the molecule is C[S+](C)c1ccc(C(=O)c2ccc(Sc3ccccc3)cc2)cc1.O=S(=O)([O-])C(F)(F)C(F)(F)C(F)(F)C(F)(F)F. The lowest BCUT2D eigenvalue weighted by Crippen LogP contribution is -2.63. The second kappa shape index (κ2) is 12.7. The molecule has 41 heavy (non-hydrogen) atoms. The molecule has 0 radical (unpaired) electrons. The fourth-order valence-corrected chi connectivity index (χ4v) is 4.82. The molecular formula is C25H19F9O4S3. The summed E-state index contributed by atoms with van der Waals surface area (Å²) in [6.07, 6.45) is -2.80. The molecule has 0 N–H and O–H groups in total. The molecule has 0 aliphatic rings. The van der Waals surface area contributed by atoms with Gasteiger partial charge in [0.1, 0.15) is 12.5 Å². The number of halogens is 9. The Balaban J connectivity index is 0.000000307. The first-order valence-electron chi connectivity index (χ1n) is 10.8. The van der Waals surface area contributed by atoms with Gasteiger partial charge in [-0.25, -0.2) is 8.42 Å². The van der Waals surface area contributed by atoms with Gasteiger partial charge in [0.05, 0.1) is 0 Å². The first-order chi connectivity index (χ1) is 18.6. The molecule has 0 bridgehead atoms. The molecule has 0 saturated carbocycles. The number of alkyl halides is 9. The van der Waals surface area contributed by atoms with Crippen molar-refractivity contribution in [1.82, 2.24) is 0 Å². The van der Waals surface area contributed by atoms with Crippen molar-refractivity contribution in [3.63, 3.8) is 0 Å². The fraction of sp³-hybridized carbons (Fsp3) is 0.240. The third kappa shape index (κ3) is 7.78. The van der Waals surface area contributed by atoms with Crippen LogP contribution >= 0.6 is 11.8 Å². The minimum absolute atomic E-state index is 0.0740. The monoisotopic (exact) mass is 650 g/mol. The lowest BCUT2D eigenvalue weighted by atomic mass is 10.0. The van der Waals surface area contributed by atoms with E-state index in [1.165, 1.54) is 9.79 Å². The van der Waals surface area contributed by atoms with E-state index in [0.717, 1.165) is 16.0 Å². The molecule has 0 aliphatic carbocycles. The highest BCUT2D eigenvalue weighted by molar-refractivity contribution is 7.99. The van der Waals surface area contributed by atoms with E-state index < -0.39 is 33.4 Å². The normalized spacial score (nSPS) is 13.0. The number of rotatable bonds is 8. The van der Waals surface area contributed by atoms with Crippen molar-refractivity contribution in [2.45, 2.75) is 38.0 Å². The molecule has 0 unspecified atom stereocenters. The summed E-state index contributed by atoms with van der Waals surface area (Å²) in [5.74, 6) is -14.7. The van der Waals surface area contributed by atoms with E-state index >= 15 is 0 Å². The van der Waals surface area contributed by atoms with Crippen LogP contribution in [0, 0.1) is 0 Å². The van der Waals surface area contributed by atoms with Gasteiger partial charge in [0, 0.05) is 31.8 Å². The molecule has 0 amide bonds. The largest absolute Gasteiger partial charge is 0.743 e. The van der Waals surface area contributed by atoms with Gasteiger partial charge in [0.2, 0.25) is 0 Å². The highest BCUT2D eigenvalue weighted by atomic mass is 32.2. The van der Waals surface area contributed by atoms with Crippen LogP contribution in [0.1, 0.15) is 15.9 Å². The van der Waals surface area contributed by atoms with Crippen molar-refractivity contribution in [3.05, 3.63) is 90.0 Å². The van der Waals surface area contributed by atoms with Crippen molar-refractivity contribution >= 4 is 38.6 Å². The second-order valence-corrected chi connectivity index (χ2v) is 12.9. The van der Waals surface area contributed by atoms with Crippen molar-refractivity contribution in [1.29, 1.82) is 0 Å². The van der Waals surface area contributed by atoms with Crippen LogP contribution in [0.5, 0.6) is 0 Å². The van der Waals surface area contributed by atoms with Crippen molar-refractivity contribution in [2.75, 3.05) is 12.5 Å². The van der Waals surface area contributed by atoms with Crippen LogP contribution in [0.2, 0.25) is 0 Å². The zero-order valence-electron chi connectivity index (χ0n) is 20.8. The molecule has 3 rings (SSSR count). The Hall–Kier alpha value is -2.69. The average molecular weight is 651 g/mol. The Morgan fingerprint density at radius 2 is 1.10 bits per heavy atom. The zero-order chi connectivity index (χ0) is 31.4. The van der Waals surface area contributed by atoms with E-state index in [9.17, 15) is 57.3 Å². The minimum atomic E-state index is -7.43. The molecular weight excluding hydrogens is 631 g/mol. The van der Waals surface area contributed by atoms with Crippen molar-refractivity contribution < 1.29 is 57.3 Å². The predicted octanol–water partition coefficient (Wildman–Crippen LogP) is 7.26. The minimum Gasteiger partial charge on any atom is -0.743 e. The summed E-state index contributed by atoms with van der Waals surface area (Å²) < 4.78 is 135. The molecule has 4 nitrogen and oxygen atoms in total. The Bertz CT molecular complexity index is 1430. The topological polar surface area (TPSA) is 74.3 Å². The van der Waals surface area contributed by atoms with Gasteiger partial charge in [-0.15, -0.1) is 0 Å². The molecule has 0 aromatic heterocycles. The number of hydrogen-bond donors (Lipinski definition) is 0. The number of ketones is 1. The third-order valence-corrected chi connectivity index (χ3v) is 8.23. The maximum absolute atomic E-state index is 12.6. The van der Waals surface area contributed by atoms with Gasteiger partial charge in [-0.05, 0) is 60.7 Å². The molecule has 16 heteroatoms. The van der Waals surface area contributed by atoms with Gasteiger partial charge < -0.3 is 4.55 Å². The molecule has 0 spiro atoms. The Morgan fingerprint density at radius 1 is 0.683 bits per heavy atom. The van der Waals surface area contributed by atoms with E-state index in [1.807, 2.05) is 54.6 Å². The number of hydrogen-bond acceptors (Lipinski definition) is 5. The smallest absolute Gasteiger partial charge is 0.460 e. The first kappa shape index (κ1) is 34.5. The summed E-state index contributed by atoms with van der Waals surface area (Å²) in [7, 11) is -7.20.